The molecule has 1 aromatic heterocycles. The number of likely N-dealkylation sites (tertiary alicyclic amines) is 1. The molecule has 124 valence electrons. The highest BCUT2D eigenvalue weighted by molar-refractivity contribution is 5.35. The number of aromatic nitrogens is 1. The van der Waals surface area contributed by atoms with Gasteiger partial charge in [-0.15, -0.1) is 0 Å². The molecule has 6 heteroatoms. The van der Waals surface area contributed by atoms with E-state index in [0.29, 0.717) is 5.75 Å². The monoisotopic (exact) mass is 322 g/mol. The van der Waals surface area contributed by atoms with Gasteiger partial charge in [0.25, 0.3) is 0 Å². The molecule has 1 aliphatic rings. The van der Waals surface area contributed by atoms with Crippen molar-refractivity contribution in [3.63, 3.8) is 0 Å². The zero-order chi connectivity index (χ0) is 16.4. The van der Waals surface area contributed by atoms with E-state index in [4.69, 9.17) is 9.26 Å². The van der Waals surface area contributed by atoms with E-state index in [9.17, 15) is 8.78 Å². The van der Waals surface area contributed by atoms with Crippen molar-refractivity contribution in [2.45, 2.75) is 38.8 Å². The number of hydrogen-bond acceptors (Lipinski definition) is 4. The third-order valence-electron chi connectivity index (χ3n) is 4.34. The van der Waals surface area contributed by atoms with Crippen LogP contribution in [-0.4, -0.2) is 23.7 Å². The molecule has 1 saturated heterocycles. The van der Waals surface area contributed by atoms with Gasteiger partial charge in [-0.05, 0) is 38.4 Å². The van der Waals surface area contributed by atoms with Crippen molar-refractivity contribution in [3.8, 4) is 5.75 Å². The van der Waals surface area contributed by atoms with E-state index in [1.807, 2.05) is 13.0 Å². The Balaban J connectivity index is 1.89. The number of nitrogens with zero attached hydrogens (tertiary/aromatic N) is 2. The van der Waals surface area contributed by atoms with Crippen molar-refractivity contribution in [2.24, 2.45) is 0 Å². The standard InChI is InChI=1S/C17H20F2N2O2/c1-11-9-14(20-23-11)15-5-3-4-8-21(15)10-12-16(22-2)7-6-13(18)17(12)19/h6-7,9,15H,3-5,8,10H2,1-2H3. The second-order valence-electron chi connectivity index (χ2n) is 5.89. The van der Waals surface area contributed by atoms with Gasteiger partial charge in [0.1, 0.15) is 17.2 Å². The minimum atomic E-state index is -0.855. The Morgan fingerprint density at radius 1 is 1.35 bits per heavy atom. The van der Waals surface area contributed by atoms with Crippen molar-refractivity contribution in [2.75, 3.05) is 13.7 Å². The number of ether oxygens (including phenoxy) is 1. The highest BCUT2D eigenvalue weighted by Crippen LogP contribution is 2.34. The Labute approximate surface area is 134 Å². The quantitative estimate of drug-likeness (QED) is 0.853. The summed E-state index contributed by atoms with van der Waals surface area (Å²) in [5.74, 6) is -0.582. The smallest absolute Gasteiger partial charge is 0.167 e. The van der Waals surface area contributed by atoms with Gasteiger partial charge in [0, 0.05) is 18.2 Å². The third-order valence-corrected chi connectivity index (χ3v) is 4.34. The van der Waals surface area contributed by atoms with Crippen LogP contribution in [0.2, 0.25) is 0 Å². The van der Waals surface area contributed by atoms with Gasteiger partial charge in [-0.25, -0.2) is 8.78 Å². The maximum absolute atomic E-state index is 14.2. The molecule has 0 aliphatic carbocycles. The predicted molar refractivity (Wildman–Crippen MR) is 81.2 cm³/mol. The Morgan fingerprint density at radius 3 is 2.87 bits per heavy atom. The first-order valence-electron chi connectivity index (χ1n) is 7.78. The van der Waals surface area contributed by atoms with Crippen LogP contribution < -0.4 is 4.74 Å². The minimum absolute atomic E-state index is 0.0496. The Kier molecular flexibility index (Phi) is 4.61. The molecule has 0 radical (unpaired) electrons. The molecule has 23 heavy (non-hydrogen) atoms. The van der Waals surface area contributed by atoms with E-state index >= 15 is 0 Å². The first-order chi connectivity index (χ1) is 11.1. The van der Waals surface area contributed by atoms with Crippen LogP contribution in [0.15, 0.2) is 22.7 Å². The van der Waals surface area contributed by atoms with Gasteiger partial charge < -0.3 is 9.26 Å². The van der Waals surface area contributed by atoms with Crippen LogP contribution in [-0.2, 0) is 6.54 Å². The molecule has 2 heterocycles. The van der Waals surface area contributed by atoms with Crippen LogP contribution in [0.4, 0.5) is 8.78 Å². The lowest BCUT2D eigenvalue weighted by Crippen LogP contribution is -2.33. The van der Waals surface area contributed by atoms with Crippen molar-refractivity contribution in [1.29, 1.82) is 0 Å². The zero-order valence-corrected chi connectivity index (χ0v) is 13.3. The van der Waals surface area contributed by atoms with Crippen LogP contribution in [0.5, 0.6) is 5.75 Å². The van der Waals surface area contributed by atoms with Gasteiger partial charge in [-0.3, -0.25) is 4.90 Å². The van der Waals surface area contributed by atoms with E-state index in [1.165, 1.54) is 13.2 Å². The average molecular weight is 322 g/mol. The summed E-state index contributed by atoms with van der Waals surface area (Å²) in [5.41, 5.74) is 1.09. The van der Waals surface area contributed by atoms with Crippen LogP contribution in [0.1, 0.15) is 42.3 Å². The van der Waals surface area contributed by atoms with Crippen molar-refractivity contribution in [1.82, 2.24) is 10.1 Å². The zero-order valence-electron chi connectivity index (χ0n) is 13.3. The van der Waals surface area contributed by atoms with Crippen LogP contribution >= 0.6 is 0 Å². The fourth-order valence-corrected chi connectivity index (χ4v) is 3.17. The summed E-state index contributed by atoms with van der Waals surface area (Å²) in [6.45, 7) is 2.93. The van der Waals surface area contributed by atoms with Crippen LogP contribution in [0, 0.1) is 18.6 Å². The number of benzene rings is 1. The predicted octanol–water partition coefficient (Wildman–Crippen LogP) is 4.00. The average Bonchev–Trinajstić information content (AvgIpc) is 2.99. The fraction of sp³-hybridized carbons (Fsp3) is 0.471. The molecule has 2 aromatic rings. The molecule has 1 atom stereocenters. The summed E-state index contributed by atoms with van der Waals surface area (Å²) in [7, 11) is 1.46. The van der Waals surface area contributed by atoms with Gasteiger partial charge in [0.05, 0.1) is 13.2 Å². The molecule has 1 aliphatic heterocycles. The molecule has 0 amide bonds. The van der Waals surface area contributed by atoms with Gasteiger partial charge in [0.2, 0.25) is 0 Å². The summed E-state index contributed by atoms with van der Waals surface area (Å²) < 4.78 is 38.2. The van der Waals surface area contributed by atoms with E-state index in [-0.39, 0.29) is 18.2 Å². The number of halogens is 2. The second kappa shape index (κ2) is 6.66. The fourth-order valence-electron chi connectivity index (χ4n) is 3.17. The van der Waals surface area contributed by atoms with Crippen molar-refractivity contribution < 1.29 is 18.0 Å². The highest BCUT2D eigenvalue weighted by Gasteiger charge is 2.28. The largest absolute Gasteiger partial charge is 0.496 e. The molecule has 0 N–H and O–H groups in total. The maximum Gasteiger partial charge on any atom is 0.167 e. The lowest BCUT2D eigenvalue weighted by atomic mass is 9.98. The summed E-state index contributed by atoms with van der Waals surface area (Å²) >= 11 is 0. The van der Waals surface area contributed by atoms with Gasteiger partial charge >= 0.3 is 0 Å². The molecule has 0 spiro atoms. The minimum Gasteiger partial charge on any atom is -0.496 e. The number of aryl methyl sites for hydroxylation is 1. The first-order valence-corrected chi connectivity index (χ1v) is 7.78. The lowest BCUT2D eigenvalue weighted by molar-refractivity contribution is 0.130. The van der Waals surface area contributed by atoms with Gasteiger partial charge in [0.15, 0.2) is 11.6 Å². The topological polar surface area (TPSA) is 38.5 Å². The van der Waals surface area contributed by atoms with Gasteiger partial charge in [-0.1, -0.05) is 11.6 Å². The molecular weight excluding hydrogens is 302 g/mol. The van der Waals surface area contributed by atoms with Gasteiger partial charge in [-0.2, -0.15) is 0 Å². The number of methoxy groups -OCH3 is 1. The maximum atomic E-state index is 14.2. The molecule has 4 nitrogen and oxygen atoms in total. The summed E-state index contributed by atoms with van der Waals surface area (Å²) in [6, 6.07) is 4.51. The van der Waals surface area contributed by atoms with Crippen LogP contribution in [0.25, 0.3) is 0 Å². The summed E-state index contributed by atoms with van der Waals surface area (Å²) in [5, 5.41) is 4.10. The first kappa shape index (κ1) is 15.9. The highest BCUT2D eigenvalue weighted by atomic mass is 19.2. The molecule has 3 rings (SSSR count). The Hall–Kier alpha value is -1.95. The van der Waals surface area contributed by atoms with Crippen LogP contribution in [0.3, 0.4) is 0 Å². The molecule has 0 saturated carbocycles. The molecule has 1 fully saturated rings. The van der Waals surface area contributed by atoms with E-state index in [2.05, 4.69) is 10.1 Å². The molecule has 1 aromatic carbocycles. The van der Waals surface area contributed by atoms with E-state index in [1.54, 1.807) is 0 Å². The van der Waals surface area contributed by atoms with Crippen molar-refractivity contribution >= 4 is 0 Å². The Morgan fingerprint density at radius 2 is 2.17 bits per heavy atom. The number of rotatable bonds is 4. The Bertz CT molecular complexity index is 687. The SMILES string of the molecule is COc1ccc(F)c(F)c1CN1CCCCC1c1cc(C)on1. The molecule has 0 bridgehead atoms. The normalized spacial score (nSPS) is 19.0. The van der Waals surface area contributed by atoms with Crippen molar-refractivity contribution in [3.05, 3.63) is 46.9 Å². The van der Waals surface area contributed by atoms with E-state index < -0.39 is 11.6 Å². The van der Waals surface area contributed by atoms with E-state index in [0.717, 1.165) is 43.3 Å². The lowest BCUT2D eigenvalue weighted by Gasteiger charge is -2.34. The summed E-state index contributed by atoms with van der Waals surface area (Å²) in [6.07, 6.45) is 3.02. The molecular formula is C17H20F2N2O2. The second-order valence-corrected chi connectivity index (χ2v) is 5.89. The number of piperidine rings is 1. The molecule has 1 unspecified atom stereocenters. The summed E-state index contributed by atoms with van der Waals surface area (Å²) in [4.78, 5) is 2.11. The number of hydrogen-bond donors (Lipinski definition) is 0. The third kappa shape index (κ3) is 3.22.